The van der Waals surface area contributed by atoms with Gasteiger partial charge in [0.2, 0.25) is 11.8 Å². The number of nitrogens with zero attached hydrogens (tertiary/aromatic N) is 3. The number of benzene rings is 2. The zero-order valence-corrected chi connectivity index (χ0v) is 32.3. The number of imidazole rings is 1. The predicted octanol–water partition coefficient (Wildman–Crippen LogP) is 2.45. The van der Waals surface area contributed by atoms with Crippen molar-refractivity contribution in [3.63, 3.8) is 0 Å². The number of non-ortho nitro benzene ring substituents is 1. The molecule has 6 atom stereocenters. The van der Waals surface area contributed by atoms with Crippen molar-refractivity contribution in [1.82, 2.24) is 25.5 Å². The van der Waals surface area contributed by atoms with Gasteiger partial charge in [-0.1, -0.05) is 44.5 Å². The summed E-state index contributed by atoms with van der Waals surface area (Å²) in [5.74, 6) is -4.48. The molecule has 18 heteroatoms. The number of carbonyl (C=O) groups is 5. The molecular formula is C38H51N7O11. The fourth-order valence-electron chi connectivity index (χ4n) is 5.72. The zero-order valence-electron chi connectivity index (χ0n) is 32.3. The average molecular weight is 782 g/mol. The van der Waals surface area contributed by atoms with Crippen LogP contribution in [0.3, 0.4) is 0 Å². The van der Waals surface area contributed by atoms with E-state index in [2.05, 4.69) is 20.6 Å². The van der Waals surface area contributed by atoms with E-state index < -0.39 is 82.9 Å². The SMILES string of the molecule is CCC(C)[C@@H](C(=O)OC)N(C(=O)CC(O)[C@@H](N)Cc1ccc([N+](=O)[O-])cc1)C(=O)[C@H](Cc1c[nH]cn1)NC(=O)[C@H](Cc1ccc(O)cc1)NC(=O)OC(C)(C)C. The van der Waals surface area contributed by atoms with Gasteiger partial charge in [-0.3, -0.25) is 29.4 Å². The van der Waals surface area contributed by atoms with Crippen molar-refractivity contribution in [3.8, 4) is 5.75 Å². The number of phenols is 1. The van der Waals surface area contributed by atoms with Crippen molar-refractivity contribution in [3.05, 3.63) is 88.0 Å². The molecule has 18 nitrogen and oxygen atoms in total. The van der Waals surface area contributed by atoms with Gasteiger partial charge in [-0.05, 0) is 56.4 Å². The van der Waals surface area contributed by atoms with Crippen LogP contribution in [0, 0.1) is 16.0 Å². The Balaban J connectivity index is 2.01. The number of imide groups is 1. The first-order valence-electron chi connectivity index (χ1n) is 18.0. The Kier molecular flexibility index (Phi) is 16.0. The standard InChI is InChI=1S/C38H51N7O11/c1-7-22(2)33(36(51)55-6)44(32(48)19-31(47)28(39)16-23-8-12-26(13-9-23)45(53)54)35(50)30(18-25-20-40-21-41-25)42-34(49)29(43-37(52)56-38(3,4)5)17-24-10-14-27(46)15-11-24/h8-15,20-22,28-31,33,46-47H,7,16-19,39H2,1-6H3,(H,40,41)(H,42,49)(H,43,52)/t22?,28-,29-,30-,31?,33-/m0/s1. The minimum absolute atomic E-state index is 0.0110. The summed E-state index contributed by atoms with van der Waals surface area (Å²) in [5.41, 5.74) is 6.57. The van der Waals surface area contributed by atoms with Gasteiger partial charge < -0.3 is 41.0 Å². The number of hydrogen-bond donors (Lipinski definition) is 6. The summed E-state index contributed by atoms with van der Waals surface area (Å²) in [4.78, 5) is 87.4. The molecule has 0 fully saturated rings. The Morgan fingerprint density at radius 2 is 1.59 bits per heavy atom. The number of nitro groups is 1. The zero-order chi connectivity index (χ0) is 41.7. The maximum atomic E-state index is 14.7. The molecule has 0 radical (unpaired) electrons. The number of aliphatic hydroxyl groups excluding tert-OH is 1. The highest BCUT2D eigenvalue weighted by Crippen LogP contribution is 2.22. The van der Waals surface area contributed by atoms with Crippen LogP contribution in [-0.2, 0) is 47.9 Å². The van der Waals surface area contributed by atoms with Crippen molar-refractivity contribution >= 4 is 35.5 Å². The quantitative estimate of drug-likeness (QED) is 0.0616. The highest BCUT2D eigenvalue weighted by Gasteiger charge is 2.43. The van der Waals surface area contributed by atoms with Crippen LogP contribution in [0.1, 0.15) is 64.3 Å². The maximum absolute atomic E-state index is 14.7. The summed E-state index contributed by atoms with van der Waals surface area (Å²) >= 11 is 0. The van der Waals surface area contributed by atoms with Crippen molar-refractivity contribution in [2.45, 2.75) is 103 Å². The smallest absolute Gasteiger partial charge is 0.408 e. The lowest BCUT2D eigenvalue weighted by molar-refractivity contribution is -0.384. The summed E-state index contributed by atoms with van der Waals surface area (Å²) < 4.78 is 10.4. The molecule has 56 heavy (non-hydrogen) atoms. The lowest BCUT2D eigenvalue weighted by atomic mass is 9.94. The Bertz CT molecular complexity index is 1800. The van der Waals surface area contributed by atoms with Crippen LogP contribution in [0.4, 0.5) is 10.5 Å². The van der Waals surface area contributed by atoms with Gasteiger partial charge in [0.15, 0.2) is 0 Å². The van der Waals surface area contributed by atoms with Gasteiger partial charge in [0.25, 0.3) is 11.6 Å². The van der Waals surface area contributed by atoms with E-state index >= 15 is 0 Å². The van der Waals surface area contributed by atoms with Gasteiger partial charge in [0.05, 0.1) is 36.6 Å². The van der Waals surface area contributed by atoms with E-state index in [4.69, 9.17) is 15.2 Å². The number of nitrogens with one attached hydrogen (secondary N) is 3. The molecule has 0 aliphatic heterocycles. The van der Waals surface area contributed by atoms with E-state index in [0.717, 1.165) is 7.11 Å². The lowest BCUT2D eigenvalue weighted by Gasteiger charge is -2.35. The number of H-pyrrole nitrogens is 1. The predicted molar refractivity (Wildman–Crippen MR) is 202 cm³/mol. The molecule has 1 aromatic heterocycles. The number of methoxy groups -OCH3 is 1. The third kappa shape index (κ3) is 13.2. The number of phenolic OH excluding ortho intramolecular Hbond substituents is 1. The molecule has 0 saturated carbocycles. The fraction of sp³-hybridized carbons (Fsp3) is 0.474. The number of esters is 1. The Morgan fingerprint density at radius 1 is 0.982 bits per heavy atom. The molecule has 0 saturated heterocycles. The van der Waals surface area contributed by atoms with Crippen LogP contribution in [0.15, 0.2) is 61.1 Å². The van der Waals surface area contributed by atoms with Gasteiger partial charge in [0, 0.05) is 37.2 Å². The third-order valence-electron chi connectivity index (χ3n) is 8.87. The molecule has 0 aliphatic carbocycles. The number of carbonyl (C=O) groups excluding carboxylic acids is 5. The van der Waals surface area contributed by atoms with E-state index in [1.165, 1.54) is 48.9 Å². The van der Waals surface area contributed by atoms with Crippen LogP contribution >= 0.6 is 0 Å². The summed E-state index contributed by atoms with van der Waals surface area (Å²) in [6, 6.07) is 5.93. The molecule has 7 N–H and O–H groups in total. The fourth-order valence-corrected chi connectivity index (χ4v) is 5.72. The van der Waals surface area contributed by atoms with Crippen LogP contribution in [0.5, 0.6) is 5.75 Å². The summed E-state index contributed by atoms with van der Waals surface area (Å²) in [5, 5.41) is 37.1. The second-order valence-corrected chi connectivity index (χ2v) is 14.4. The van der Waals surface area contributed by atoms with Gasteiger partial charge in [0.1, 0.15) is 29.5 Å². The summed E-state index contributed by atoms with van der Waals surface area (Å²) in [6.07, 6.45) is -0.435. The molecular weight excluding hydrogens is 730 g/mol. The number of nitrogens with two attached hydrogens (primary N) is 1. The molecule has 304 valence electrons. The monoisotopic (exact) mass is 781 g/mol. The van der Waals surface area contributed by atoms with Gasteiger partial charge in [-0.15, -0.1) is 0 Å². The van der Waals surface area contributed by atoms with Crippen molar-refractivity contribution < 1.29 is 48.6 Å². The van der Waals surface area contributed by atoms with Crippen LogP contribution in [0.25, 0.3) is 0 Å². The number of aromatic nitrogens is 2. The largest absolute Gasteiger partial charge is 0.508 e. The number of alkyl carbamates (subject to hydrolysis) is 1. The molecule has 2 unspecified atom stereocenters. The van der Waals surface area contributed by atoms with Crippen molar-refractivity contribution in [2.75, 3.05) is 7.11 Å². The number of amides is 4. The van der Waals surface area contributed by atoms with Crippen molar-refractivity contribution in [2.24, 2.45) is 11.7 Å². The summed E-state index contributed by atoms with van der Waals surface area (Å²) in [7, 11) is 1.10. The molecule has 2 aromatic carbocycles. The highest BCUT2D eigenvalue weighted by atomic mass is 16.6. The first-order chi connectivity index (χ1) is 26.3. The van der Waals surface area contributed by atoms with Crippen molar-refractivity contribution in [1.29, 1.82) is 0 Å². The number of aromatic hydroxyl groups is 1. The lowest BCUT2D eigenvalue weighted by Crippen LogP contribution is -2.61. The minimum Gasteiger partial charge on any atom is -0.508 e. The minimum atomic E-state index is -1.56. The highest BCUT2D eigenvalue weighted by molar-refractivity contribution is 6.03. The van der Waals surface area contributed by atoms with E-state index in [1.54, 1.807) is 46.8 Å². The van der Waals surface area contributed by atoms with Crippen LogP contribution in [-0.4, -0.2) is 103 Å². The molecule has 3 aromatic rings. The molecule has 4 amide bonds. The van der Waals surface area contributed by atoms with E-state index in [9.17, 15) is 44.3 Å². The maximum Gasteiger partial charge on any atom is 0.408 e. The van der Waals surface area contributed by atoms with Crippen LogP contribution in [0.2, 0.25) is 0 Å². The number of nitro benzene ring substituents is 1. The summed E-state index contributed by atoms with van der Waals surface area (Å²) in [6.45, 7) is 8.29. The number of aliphatic hydroxyl groups is 1. The molecule has 0 aliphatic rings. The average Bonchev–Trinajstić information content (AvgIpc) is 3.65. The molecule has 0 spiro atoms. The normalized spacial score (nSPS) is 14.6. The molecule has 3 rings (SSSR count). The van der Waals surface area contributed by atoms with E-state index in [0.29, 0.717) is 28.1 Å². The van der Waals surface area contributed by atoms with Gasteiger partial charge in [-0.25, -0.2) is 14.6 Å². The molecule has 0 bridgehead atoms. The number of aromatic amines is 1. The Morgan fingerprint density at radius 3 is 2.12 bits per heavy atom. The third-order valence-corrected chi connectivity index (χ3v) is 8.87. The van der Waals surface area contributed by atoms with E-state index in [1.807, 2.05) is 0 Å². The second kappa shape index (κ2) is 20.2. The Hall–Kier alpha value is -5.88. The molecule has 1 heterocycles. The number of ether oxygens (including phenoxy) is 2. The first kappa shape index (κ1) is 44.5. The van der Waals surface area contributed by atoms with Crippen LogP contribution < -0.4 is 16.4 Å². The number of rotatable bonds is 18. The topological polar surface area (TPSA) is 269 Å². The van der Waals surface area contributed by atoms with E-state index in [-0.39, 0.29) is 30.7 Å². The van der Waals surface area contributed by atoms with Gasteiger partial charge in [-0.2, -0.15) is 0 Å². The first-order valence-corrected chi connectivity index (χ1v) is 18.0. The second-order valence-electron chi connectivity index (χ2n) is 14.4. The Labute approximate surface area is 324 Å². The number of hydrogen-bond acceptors (Lipinski definition) is 13. The van der Waals surface area contributed by atoms with Gasteiger partial charge >= 0.3 is 12.1 Å².